The van der Waals surface area contributed by atoms with Gasteiger partial charge < -0.3 is 9.47 Å². The molecule has 146 valence electrons. The average Bonchev–Trinajstić information content (AvgIpc) is 2.68. The molecule has 2 amide bonds. The monoisotopic (exact) mass is 417 g/mol. The van der Waals surface area contributed by atoms with Gasteiger partial charge in [-0.1, -0.05) is 11.6 Å². The van der Waals surface area contributed by atoms with E-state index in [1.54, 1.807) is 0 Å². The third kappa shape index (κ3) is 4.42. The summed E-state index contributed by atoms with van der Waals surface area (Å²) < 4.78 is 24.3. The lowest BCUT2D eigenvalue weighted by Gasteiger charge is -2.25. The smallest absolute Gasteiger partial charge is 0.334 e. The van der Waals surface area contributed by atoms with Crippen molar-refractivity contribution in [3.63, 3.8) is 0 Å². The van der Waals surface area contributed by atoms with E-state index < -0.39 is 29.5 Å². The molecular weight excluding hydrogens is 400 g/mol. The van der Waals surface area contributed by atoms with E-state index in [9.17, 15) is 18.8 Å². The summed E-state index contributed by atoms with van der Waals surface area (Å²) in [6, 6.07) is 2.08. The number of anilines is 1. The Bertz CT molecular complexity index is 809. The van der Waals surface area contributed by atoms with Gasteiger partial charge in [-0.25, -0.2) is 14.1 Å². The first kappa shape index (κ1) is 21.2. The Hall–Kier alpha value is -2.12. The molecule has 0 saturated heterocycles. The van der Waals surface area contributed by atoms with Crippen molar-refractivity contribution in [3.8, 4) is 5.75 Å². The van der Waals surface area contributed by atoms with Crippen LogP contribution in [0.4, 0.5) is 10.1 Å². The normalized spacial score (nSPS) is 14.0. The van der Waals surface area contributed by atoms with Crippen LogP contribution in [0.3, 0.4) is 0 Å². The molecule has 0 bridgehead atoms. The molecule has 0 radical (unpaired) electrons. The van der Waals surface area contributed by atoms with Gasteiger partial charge in [-0.3, -0.25) is 9.59 Å². The number of carbonyl (C=O) groups excluding carboxylic acids is 3. The molecule has 1 aromatic carbocycles. The highest BCUT2D eigenvalue weighted by molar-refractivity contribution is 6.35. The highest BCUT2D eigenvalue weighted by atomic mass is 35.5. The van der Waals surface area contributed by atoms with E-state index in [4.69, 9.17) is 32.7 Å². The van der Waals surface area contributed by atoms with Crippen molar-refractivity contribution in [3.05, 3.63) is 34.1 Å². The molecule has 0 fully saturated rings. The summed E-state index contributed by atoms with van der Waals surface area (Å²) in [5.41, 5.74) is -0.0588. The number of imide groups is 1. The van der Waals surface area contributed by atoms with Crippen molar-refractivity contribution in [2.45, 2.75) is 25.7 Å². The van der Waals surface area contributed by atoms with E-state index in [0.29, 0.717) is 24.2 Å². The molecule has 0 unspecified atom stereocenters. The van der Waals surface area contributed by atoms with Crippen LogP contribution in [0.1, 0.15) is 25.7 Å². The summed E-state index contributed by atoms with van der Waals surface area (Å²) in [5.74, 6) is -3.68. The number of nitrogens with zero attached hydrogens (tertiary/aromatic N) is 1. The van der Waals surface area contributed by atoms with Gasteiger partial charge in [-0.15, -0.1) is 11.6 Å². The lowest BCUT2D eigenvalue weighted by Crippen LogP contribution is -2.40. The average molecular weight is 418 g/mol. The largest absolute Gasteiger partial charge is 0.495 e. The minimum Gasteiger partial charge on any atom is -0.495 e. The van der Waals surface area contributed by atoms with Crippen LogP contribution in [0.25, 0.3) is 0 Å². The second kappa shape index (κ2) is 9.19. The molecule has 0 saturated carbocycles. The first-order chi connectivity index (χ1) is 12.8. The number of amides is 2. The van der Waals surface area contributed by atoms with Crippen LogP contribution in [0.15, 0.2) is 23.3 Å². The molecule has 6 nitrogen and oxygen atoms in total. The molecule has 9 heteroatoms. The lowest BCUT2D eigenvalue weighted by molar-refractivity contribution is -0.137. The number of alkyl halides is 1. The fourth-order valence-corrected chi connectivity index (χ4v) is 3.23. The van der Waals surface area contributed by atoms with Crippen molar-refractivity contribution >= 4 is 46.7 Å². The summed E-state index contributed by atoms with van der Waals surface area (Å²) in [5, 5.41) is -0.0170. The zero-order chi connectivity index (χ0) is 20.1. The van der Waals surface area contributed by atoms with Crippen LogP contribution < -0.4 is 9.64 Å². The van der Waals surface area contributed by atoms with E-state index in [0.717, 1.165) is 12.1 Å². The van der Waals surface area contributed by atoms with Crippen LogP contribution in [-0.4, -0.2) is 37.9 Å². The van der Waals surface area contributed by atoms with Crippen LogP contribution in [0.2, 0.25) is 5.02 Å². The van der Waals surface area contributed by atoms with Crippen LogP contribution in [-0.2, 0) is 19.1 Å². The number of halogens is 3. The summed E-state index contributed by atoms with van der Waals surface area (Å²) in [6.07, 6.45) is 1.95. The zero-order valence-electron chi connectivity index (χ0n) is 14.8. The molecule has 0 atom stereocenters. The SMILES string of the molecule is COC(=O)C1=C(C(=O)N(C(=O)CCl)c2cc(OC)c(Cl)cc2F)CCCC1. The van der Waals surface area contributed by atoms with Crippen molar-refractivity contribution in [2.75, 3.05) is 25.0 Å². The molecule has 2 rings (SSSR count). The third-order valence-corrected chi connectivity index (χ3v) is 4.71. The summed E-state index contributed by atoms with van der Waals surface area (Å²) >= 11 is 11.5. The molecule has 27 heavy (non-hydrogen) atoms. The second-order valence-electron chi connectivity index (χ2n) is 5.76. The third-order valence-electron chi connectivity index (χ3n) is 4.19. The summed E-state index contributed by atoms with van der Waals surface area (Å²) in [4.78, 5) is 38.1. The molecule has 0 aromatic heterocycles. The maximum atomic E-state index is 14.5. The first-order valence-corrected chi connectivity index (χ1v) is 9.03. The Balaban J connectivity index is 2.61. The van der Waals surface area contributed by atoms with Gasteiger partial charge in [-0.2, -0.15) is 0 Å². The van der Waals surface area contributed by atoms with Gasteiger partial charge in [0.15, 0.2) is 0 Å². The zero-order valence-corrected chi connectivity index (χ0v) is 16.3. The van der Waals surface area contributed by atoms with Crippen molar-refractivity contribution < 1.29 is 28.2 Å². The highest BCUT2D eigenvalue weighted by Crippen LogP contribution is 2.35. The highest BCUT2D eigenvalue weighted by Gasteiger charge is 2.33. The number of hydrogen-bond donors (Lipinski definition) is 0. The molecule has 1 aliphatic carbocycles. The minimum atomic E-state index is -0.899. The van der Waals surface area contributed by atoms with Crippen molar-refractivity contribution in [2.24, 2.45) is 0 Å². The first-order valence-electron chi connectivity index (χ1n) is 8.12. The number of methoxy groups -OCH3 is 2. The quantitative estimate of drug-likeness (QED) is 0.540. The van der Waals surface area contributed by atoms with Crippen LogP contribution >= 0.6 is 23.2 Å². The predicted octanol–water partition coefficient (Wildman–Crippen LogP) is 3.63. The van der Waals surface area contributed by atoms with Gasteiger partial charge in [-0.05, 0) is 31.7 Å². The Morgan fingerprint density at radius 2 is 1.78 bits per heavy atom. The van der Waals surface area contributed by atoms with Gasteiger partial charge in [0.2, 0.25) is 5.91 Å². The summed E-state index contributed by atoms with van der Waals surface area (Å²) in [7, 11) is 2.52. The lowest BCUT2D eigenvalue weighted by atomic mass is 9.90. The Kier molecular flexibility index (Phi) is 7.21. The topological polar surface area (TPSA) is 72.9 Å². The Labute approximate surface area is 165 Å². The van der Waals surface area contributed by atoms with Crippen molar-refractivity contribution in [1.29, 1.82) is 0 Å². The van der Waals surface area contributed by atoms with E-state index in [1.165, 1.54) is 14.2 Å². The van der Waals surface area contributed by atoms with Crippen LogP contribution in [0.5, 0.6) is 5.75 Å². The van der Waals surface area contributed by atoms with Crippen molar-refractivity contribution in [1.82, 2.24) is 0 Å². The minimum absolute atomic E-state index is 0.0170. The van der Waals surface area contributed by atoms with Gasteiger partial charge in [0.25, 0.3) is 5.91 Å². The number of rotatable bonds is 5. The second-order valence-corrected chi connectivity index (χ2v) is 6.44. The maximum absolute atomic E-state index is 14.5. The van der Waals surface area contributed by atoms with Gasteiger partial charge >= 0.3 is 5.97 Å². The maximum Gasteiger partial charge on any atom is 0.334 e. The Morgan fingerprint density at radius 1 is 1.15 bits per heavy atom. The molecule has 0 spiro atoms. The number of ether oxygens (including phenoxy) is 2. The molecule has 0 N–H and O–H groups in total. The fourth-order valence-electron chi connectivity index (χ4n) is 2.89. The summed E-state index contributed by atoms with van der Waals surface area (Å²) in [6.45, 7) is 0. The van der Waals surface area contributed by atoms with E-state index in [-0.39, 0.29) is 34.0 Å². The van der Waals surface area contributed by atoms with E-state index >= 15 is 0 Å². The number of hydrogen-bond acceptors (Lipinski definition) is 5. The predicted molar refractivity (Wildman–Crippen MR) is 98.7 cm³/mol. The van der Waals surface area contributed by atoms with E-state index in [2.05, 4.69) is 0 Å². The van der Waals surface area contributed by atoms with Gasteiger partial charge in [0, 0.05) is 17.2 Å². The molecule has 1 aliphatic rings. The Morgan fingerprint density at radius 3 is 2.33 bits per heavy atom. The van der Waals surface area contributed by atoms with E-state index in [1.807, 2.05) is 0 Å². The number of carbonyl (C=O) groups is 3. The molecular formula is C18H18Cl2FNO5. The number of benzene rings is 1. The van der Waals surface area contributed by atoms with Gasteiger partial charge in [0.1, 0.15) is 17.4 Å². The fraction of sp³-hybridized carbons (Fsp3) is 0.389. The van der Waals surface area contributed by atoms with Gasteiger partial charge in [0.05, 0.1) is 24.9 Å². The standard InChI is InChI=1S/C18H18Cl2FNO5/c1-26-15-8-14(13(21)7-12(15)20)22(16(23)9-19)17(24)10-5-3-4-6-11(10)18(25)27-2/h7-8H,3-6,9H2,1-2H3. The van der Waals surface area contributed by atoms with Crippen LogP contribution in [0, 0.1) is 5.82 Å². The molecule has 1 aromatic rings. The molecule has 0 heterocycles. The number of esters is 1. The molecule has 0 aliphatic heterocycles.